The molecule has 0 saturated carbocycles. The Balaban J connectivity index is 1.44. The van der Waals surface area contributed by atoms with Crippen molar-refractivity contribution in [3.05, 3.63) is 71.7 Å². The fraction of sp³-hybridized carbons (Fsp3) is 0.150. The van der Waals surface area contributed by atoms with Gasteiger partial charge in [0.2, 0.25) is 11.6 Å². The van der Waals surface area contributed by atoms with Crippen LogP contribution in [0.1, 0.15) is 17.0 Å². The molecule has 0 amide bonds. The first-order valence-corrected chi connectivity index (χ1v) is 8.47. The number of aryl methyl sites for hydroxylation is 1. The van der Waals surface area contributed by atoms with Crippen LogP contribution in [0, 0.1) is 18.3 Å². The number of benzene rings is 2. The van der Waals surface area contributed by atoms with Gasteiger partial charge in [0.25, 0.3) is 0 Å². The van der Waals surface area contributed by atoms with E-state index in [0.29, 0.717) is 23.6 Å². The summed E-state index contributed by atoms with van der Waals surface area (Å²) in [5.41, 5.74) is 3.68. The van der Waals surface area contributed by atoms with Crippen LogP contribution in [0.2, 0.25) is 0 Å². The number of nitriles is 1. The molecule has 0 aliphatic carbocycles. The second-order valence-corrected chi connectivity index (χ2v) is 6.22. The van der Waals surface area contributed by atoms with Crippen molar-refractivity contribution >= 4 is 11.4 Å². The Morgan fingerprint density at radius 3 is 2.81 bits per heavy atom. The summed E-state index contributed by atoms with van der Waals surface area (Å²) >= 11 is 0. The molecule has 0 saturated heterocycles. The molecule has 0 aliphatic rings. The van der Waals surface area contributed by atoms with Gasteiger partial charge in [0.05, 0.1) is 17.8 Å². The number of hydrogen-bond acceptors (Lipinski definition) is 6. The van der Waals surface area contributed by atoms with Gasteiger partial charge in [0.15, 0.2) is 0 Å². The SMILES string of the molecule is Cc1ncc2oc(-c3ccc(NC(O)Cc4cccc(C#N)c4)cc3)nn12. The molecule has 134 valence electrons. The summed E-state index contributed by atoms with van der Waals surface area (Å²) in [4.78, 5) is 4.13. The van der Waals surface area contributed by atoms with Crippen molar-refractivity contribution in [2.75, 3.05) is 5.32 Å². The van der Waals surface area contributed by atoms with Crippen LogP contribution in [-0.2, 0) is 6.42 Å². The number of aliphatic hydroxyl groups excluding tert-OH is 1. The number of rotatable bonds is 5. The average molecular weight is 359 g/mol. The lowest BCUT2D eigenvalue weighted by Gasteiger charge is -2.14. The summed E-state index contributed by atoms with van der Waals surface area (Å²) in [6.45, 7) is 1.86. The molecular formula is C20H17N5O2. The van der Waals surface area contributed by atoms with Gasteiger partial charge in [-0.2, -0.15) is 9.78 Å². The van der Waals surface area contributed by atoms with Crippen LogP contribution in [-0.4, -0.2) is 25.9 Å². The summed E-state index contributed by atoms with van der Waals surface area (Å²) in [7, 11) is 0. The lowest BCUT2D eigenvalue weighted by Crippen LogP contribution is -2.21. The zero-order valence-electron chi connectivity index (χ0n) is 14.6. The molecule has 4 aromatic rings. The third kappa shape index (κ3) is 3.52. The summed E-state index contributed by atoms with van der Waals surface area (Å²) in [6.07, 6.45) is 1.27. The van der Waals surface area contributed by atoms with Crippen LogP contribution >= 0.6 is 0 Å². The molecule has 1 unspecified atom stereocenters. The number of imidazole rings is 1. The average Bonchev–Trinajstić information content (AvgIpc) is 3.25. The second kappa shape index (κ2) is 6.94. The van der Waals surface area contributed by atoms with E-state index in [1.54, 1.807) is 22.8 Å². The Morgan fingerprint density at radius 1 is 1.26 bits per heavy atom. The van der Waals surface area contributed by atoms with E-state index in [-0.39, 0.29) is 0 Å². The van der Waals surface area contributed by atoms with E-state index in [1.165, 1.54) is 0 Å². The normalized spacial score (nSPS) is 12.0. The molecule has 2 heterocycles. The lowest BCUT2D eigenvalue weighted by molar-refractivity contribution is 0.204. The molecule has 7 nitrogen and oxygen atoms in total. The van der Waals surface area contributed by atoms with Gasteiger partial charge in [0, 0.05) is 17.7 Å². The molecule has 7 heteroatoms. The first-order valence-electron chi connectivity index (χ1n) is 8.47. The molecule has 0 radical (unpaired) electrons. The quantitative estimate of drug-likeness (QED) is 0.531. The molecule has 0 fully saturated rings. The maximum Gasteiger partial charge on any atom is 0.246 e. The van der Waals surface area contributed by atoms with Crippen LogP contribution in [0.5, 0.6) is 0 Å². The fourth-order valence-corrected chi connectivity index (χ4v) is 2.88. The van der Waals surface area contributed by atoms with E-state index in [0.717, 1.165) is 22.6 Å². The smallest absolute Gasteiger partial charge is 0.246 e. The summed E-state index contributed by atoms with van der Waals surface area (Å²) in [5, 5.41) is 26.7. The standard InChI is InChI=1S/C20H17N5O2/c1-13-22-12-19-25(13)24-20(27-19)16-5-7-17(8-6-16)23-18(26)10-14-3-2-4-15(9-14)11-21/h2-9,12,18,23,26H,10H2,1H3. The Labute approximate surface area is 155 Å². The number of aromatic nitrogens is 3. The fourth-order valence-electron chi connectivity index (χ4n) is 2.88. The molecular weight excluding hydrogens is 342 g/mol. The Bertz CT molecular complexity index is 1120. The van der Waals surface area contributed by atoms with E-state index in [4.69, 9.17) is 9.68 Å². The molecule has 2 aromatic heterocycles. The topological polar surface area (TPSA) is 99.4 Å². The van der Waals surface area contributed by atoms with E-state index < -0.39 is 6.23 Å². The van der Waals surface area contributed by atoms with Crippen molar-refractivity contribution in [1.29, 1.82) is 5.26 Å². The van der Waals surface area contributed by atoms with Gasteiger partial charge in [-0.15, -0.1) is 5.10 Å². The Morgan fingerprint density at radius 2 is 2.07 bits per heavy atom. The first-order chi connectivity index (χ1) is 13.1. The lowest BCUT2D eigenvalue weighted by atomic mass is 10.1. The number of aliphatic hydroxyl groups is 1. The van der Waals surface area contributed by atoms with Crippen molar-refractivity contribution in [3.63, 3.8) is 0 Å². The summed E-state index contributed by atoms with van der Waals surface area (Å²) in [6, 6.07) is 16.8. The summed E-state index contributed by atoms with van der Waals surface area (Å²) < 4.78 is 7.34. The zero-order valence-corrected chi connectivity index (χ0v) is 14.6. The first kappa shape index (κ1) is 16.8. The number of nitrogens with one attached hydrogen (secondary N) is 1. The van der Waals surface area contributed by atoms with Crippen LogP contribution in [0.15, 0.2) is 59.1 Å². The van der Waals surface area contributed by atoms with Gasteiger partial charge in [0.1, 0.15) is 12.1 Å². The van der Waals surface area contributed by atoms with E-state index in [1.807, 2.05) is 43.3 Å². The minimum Gasteiger partial charge on any atom is -0.417 e. The highest BCUT2D eigenvalue weighted by Crippen LogP contribution is 2.22. The molecule has 2 aromatic carbocycles. The predicted molar refractivity (Wildman–Crippen MR) is 99.9 cm³/mol. The number of hydrogen-bond donors (Lipinski definition) is 2. The van der Waals surface area contributed by atoms with Crippen LogP contribution in [0.25, 0.3) is 17.2 Å². The van der Waals surface area contributed by atoms with Crippen molar-refractivity contribution in [3.8, 4) is 17.5 Å². The van der Waals surface area contributed by atoms with Gasteiger partial charge >= 0.3 is 0 Å². The van der Waals surface area contributed by atoms with Crippen molar-refractivity contribution in [2.24, 2.45) is 0 Å². The van der Waals surface area contributed by atoms with Gasteiger partial charge in [-0.05, 0) is 48.9 Å². The maximum absolute atomic E-state index is 10.3. The van der Waals surface area contributed by atoms with E-state index in [9.17, 15) is 5.11 Å². The zero-order chi connectivity index (χ0) is 18.8. The minimum absolute atomic E-state index is 0.398. The molecule has 0 aliphatic heterocycles. The minimum atomic E-state index is -0.764. The van der Waals surface area contributed by atoms with Crippen molar-refractivity contribution in [2.45, 2.75) is 19.6 Å². The Hall–Kier alpha value is -3.63. The number of fused-ring (bicyclic) bond motifs is 1. The van der Waals surface area contributed by atoms with Gasteiger partial charge in [-0.25, -0.2) is 4.98 Å². The van der Waals surface area contributed by atoms with Gasteiger partial charge < -0.3 is 14.8 Å². The molecule has 27 heavy (non-hydrogen) atoms. The molecule has 0 spiro atoms. The largest absolute Gasteiger partial charge is 0.417 e. The highest BCUT2D eigenvalue weighted by molar-refractivity contribution is 5.59. The highest BCUT2D eigenvalue weighted by Gasteiger charge is 2.11. The molecule has 0 bridgehead atoms. The van der Waals surface area contributed by atoms with Crippen molar-refractivity contribution in [1.82, 2.24) is 14.6 Å². The highest BCUT2D eigenvalue weighted by atomic mass is 16.4. The second-order valence-electron chi connectivity index (χ2n) is 6.22. The maximum atomic E-state index is 10.3. The van der Waals surface area contributed by atoms with Gasteiger partial charge in [-0.1, -0.05) is 12.1 Å². The number of anilines is 1. The molecule has 4 rings (SSSR count). The van der Waals surface area contributed by atoms with Crippen LogP contribution in [0.4, 0.5) is 5.69 Å². The van der Waals surface area contributed by atoms with E-state index in [2.05, 4.69) is 21.5 Å². The van der Waals surface area contributed by atoms with Crippen LogP contribution < -0.4 is 5.32 Å². The van der Waals surface area contributed by atoms with E-state index >= 15 is 0 Å². The van der Waals surface area contributed by atoms with Crippen LogP contribution in [0.3, 0.4) is 0 Å². The monoisotopic (exact) mass is 359 g/mol. The number of nitrogens with zero attached hydrogens (tertiary/aromatic N) is 4. The third-order valence-electron chi connectivity index (χ3n) is 4.22. The molecule has 1 atom stereocenters. The van der Waals surface area contributed by atoms with Crippen molar-refractivity contribution < 1.29 is 9.52 Å². The third-order valence-corrected chi connectivity index (χ3v) is 4.22. The predicted octanol–water partition coefficient (Wildman–Crippen LogP) is 3.14. The Kier molecular flexibility index (Phi) is 4.32. The summed E-state index contributed by atoms with van der Waals surface area (Å²) in [5.74, 6) is 1.28. The molecule has 2 N–H and O–H groups in total. The van der Waals surface area contributed by atoms with Gasteiger partial charge in [-0.3, -0.25) is 0 Å².